The molecule has 1 aliphatic heterocycles. The Balaban J connectivity index is 1.32. The van der Waals surface area contributed by atoms with Crippen molar-refractivity contribution in [3.8, 4) is 17.1 Å². The zero-order valence-corrected chi connectivity index (χ0v) is 19.4. The predicted octanol–water partition coefficient (Wildman–Crippen LogP) is 4.45. The van der Waals surface area contributed by atoms with Crippen molar-refractivity contribution in [3.05, 3.63) is 60.3 Å². The number of thioether (sulfide) groups is 1. The Labute approximate surface area is 197 Å². The van der Waals surface area contributed by atoms with Gasteiger partial charge in [-0.2, -0.15) is 0 Å². The van der Waals surface area contributed by atoms with Gasteiger partial charge in [0, 0.05) is 35.0 Å². The van der Waals surface area contributed by atoms with E-state index in [0.29, 0.717) is 12.3 Å². The van der Waals surface area contributed by atoms with Crippen molar-refractivity contribution in [2.45, 2.75) is 43.7 Å². The van der Waals surface area contributed by atoms with E-state index in [1.54, 1.807) is 0 Å². The normalized spacial score (nSPS) is 17.0. The highest BCUT2D eigenvalue weighted by molar-refractivity contribution is 7.99. The molecule has 3 heterocycles. The number of hydrogen-bond donors (Lipinski definition) is 2. The van der Waals surface area contributed by atoms with Gasteiger partial charge in [-0.1, -0.05) is 42.1 Å². The summed E-state index contributed by atoms with van der Waals surface area (Å²) in [7, 11) is 0. The summed E-state index contributed by atoms with van der Waals surface area (Å²) in [5.41, 5.74) is 3.21. The summed E-state index contributed by atoms with van der Waals surface area (Å²) in [5, 5.41) is 21.4. The average molecular weight is 465 g/mol. The molecule has 0 bridgehead atoms. The van der Waals surface area contributed by atoms with Crippen LogP contribution in [0, 0.1) is 6.92 Å². The molecule has 0 spiro atoms. The Morgan fingerprint density at radius 2 is 2.15 bits per heavy atom. The monoisotopic (exact) mass is 464 g/mol. The van der Waals surface area contributed by atoms with Gasteiger partial charge >= 0.3 is 0 Å². The number of aryl methyl sites for hydroxylation is 1. The number of aromatic amines is 1. The van der Waals surface area contributed by atoms with E-state index in [1.165, 1.54) is 11.8 Å². The van der Waals surface area contributed by atoms with Gasteiger partial charge < -0.3 is 19.6 Å². The molecule has 1 saturated heterocycles. The maximum absolute atomic E-state index is 10.5. The van der Waals surface area contributed by atoms with E-state index in [9.17, 15) is 5.11 Å². The van der Waals surface area contributed by atoms with Crippen LogP contribution >= 0.6 is 11.8 Å². The average Bonchev–Trinajstić information content (AvgIpc) is 3.57. The summed E-state index contributed by atoms with van der Waals surface area (Å²) in [6, 6.07) is 16.0. The first-order valence-electron chi connectivity index (χ1n) is 11.3. The quantitative estimate of drug-likeness (QED) is 0.356. The number of aliphatic hydroxyl groups excluding tert-OH is 1. The Bertz CT molecular complexity index is 1220. The Morgan fingerprint density at radius 1 is 1.24 bits per heavy atom. The molecule has 33 heavy (non-hydrogen) atoms. The fourth-order valence-electron chi connectivity index (χ4n) is 4.12. The third kappa shape index (κ3) is 5.08. The van der Waals surface area contributed by atoms with Crippen molar-refractivity contribution in [1.29, 1.82) is 0 Å². The SMILES string of the molecule is Cc1cccc(OCC(O)CSc2nnc(-c3c[nH]c4ccccc34)n2CC2CCCO2)c1. The molecule has 0 radical (unpaired) electrons. The van der Waals surface area contributed by atoms with E-state index in [2.05, 4.69) is 31.9 Å². The van der Waals surface area contributed by atoms with E-state index < -0.39 is 6.10 Å². The number of ether oxygens (including phenoxy) is 2. The first-order chi connectivity index (χ1) is 16.2. The largest absolute Gasteiger partial charge is 0.491 e. The van der Waals surface area contributed by atoms with Gasteiger partial charge in [0.05, 0.1) is 18.8 Å². The second kappa shape index (κ2) is 9.99. The molecule has 5 rings (SSSR count). The molecule has 4 aromatic rings. The van der Waals surface area contributed by atoms with Crippen molar-refractivity contribution < 1.29 is 14.6 Å². The van der Waals surface area contributed by atoms with Gasteiger partial charge in [0.1, 0.15) is 12.4 Å². The fraction of sp³-hybridized carbons (Fsp3) is 0.360. The minimum Gasteiger partial charge on any atom is -0.491 e. The van der Waals surface area contributed by atoms with Crippen LogP contribution in [0.15, 0.2) is 59.9 Å². The number of nitrogens with zero attached hydrogens (tertiary/aromatic N) is 3. The van der Waals surface area contributed by atoms with Gasteiger partial charge in [0.2, 0.25) is 0 Å². The van der Waals surface area contributed by atoms with E-state index in [0.717, 1.165) is 58.2 Å². The molecule has 2 aromatic carbocycles. The van der Waals surface area contributed by atoms with Crippen LogP contribution in [-0.2, 0) is 11.3 Å². The van der Waals surface area contributed by atoms with Gasteiger partial charge in [-0.15, -0.1) is 10.2 Å². The fourth-order valence-corrected chi connectivity index (χ4v) is 4.98. The van der Waals surface area contributed by atoms with E-state index in [1.807, 2.05) is 49.5 Å². The lowest BCUT2D eigenvalue weighted by molar-refractivity contribution is 0.0953. The summed E-state index contributed by atoms with van der Waals surface area (Å²) in [4.78, 5) is 3.33. The molecular weight excluding hydrogens is 436 g/mol. The first-order valence-corrected chi connectivity index (χ1v) is 12.3. The number of aromatic nitrogens is 4. The molecule has 1 fully saturated rings. The number of fused-ring (bicyclic) bond motifs is 1. The van der Waals surface area contributed by atoms with Crippen LogP contribution in [-0.4, -0.2) is 56.0 Å². The molecule has 7 nitrogen and oxygen atoms in total. The third-order valence-electron chi connectivity index (χ3n) is 5.79. The molecule has 8 heteroatoms. The van der Waals surface area contributed by atoms with Gasteiger partial charge in [-0.3, -0.25) is 4.57 Å². The second-order valence-corrected chi connectivity index (χ2v) is 9.38. The highest BCUT2D eigenvalue weighted by Crippen LogP contribution is 2.31. The van der Waals surface area contributed by atoms with Crippen molar-refractivity contribution in [1.82, 2.24) is 19.7 Å². The molecule has 1 aliphatic rings. The van der Waals surface area contributed by atoms with Crippen LogP contribution in [0.4, 0.5) is 0 Å². The van der Waals surface area contributed by atoms with E-state index >= 15 is 0 Å². The highest BCUT2D eigenvalue weighted by Gasteiger charge is 2.23. The lowest BCUT2D eigenvalue weighted by Gasteiger charge is -2.16. The second-order valence-electron chi connectivity index (χ2n) is 8.39. The molecule has 0 aliphatic carbocycles. The number of hydrogen-bond acceptors (Lipinski definition) is 6. The van der Waals surface area contributed by atoms with Crippen molar-refractivity contribution in [2.24, 2.45) is 0 Å². The summed E-state index contributed by atoms with van der Waals surface area (Å²) >= 11 is 1.49. The number of rotatable bonds is 9. The topological polar surface area (TPSA) is 85.2 Å². The van der Waals surface area contributed by atoms with Gasteiger partial charge in [-0.05, 0) is 43.5 Å². The molecule has 0 saturated carbocycles. The van der Waals surface area contributed by atoms with Crippen LogP contribution in [0.25, 0.3) is 22.3 Å². The lowest BCUT2D eigenvalue weighted by Crippen LogP contribution is -2.21. The van der Waals surface area contributed by atoms with Crippen LogP contribution in [0.2, 0.25) is 0 Å². The molecular formula is C25H28N4O3S. The summed E-state index contributed by atoms with van der Waals surface area (Å²) in [6.45, 7) is 3.74. The molecule has 0 amide bonds. The van der Waals surface area contributed by atoms with Gasteiger partial charge in [0.25, 0.3) is 0 Å². The number of para-hydroxylation sites is 1. The minimum absolute atomic E-state index is 0.152. The van der Waals surface area contributed by atoms with Crippen LogP contribution in [0.1, 0.15) is 18.4 Å². The minimum atomic E-state index is -0.625. The van der Waals surface area contributed by atoms with E-state index in [-0.39, 0.29) is 12.7 Å². The standard InChI is InChI=1S/C25H28N4O3S/c1-17-6-4-7-19(12-17)32-15-18(30)16-33-25-28-27-24(29(25)14-20-8-5-11-31-20)22-13-26-23-10-3-2-9-21(22)23/h2-4,6-7,9-10,12-13,18,20,26,30H,5,8,11,14-16H2,1H3. The molecule has 172 valence electrons. The molecule has 2 atom stereocenters. The van der Waals surface area contributed by atoms with Gasteiger partial charge in [-0.25, -0.2) is 0 Å². The van der Waals surface area contributed by atoms with Gasteiger partial charge in [0.15, 0.2) is 11.0 Å². The number of H-pyrrole nitrogens is 1. The van der Waals surface area contributed by atoms with E-state index in [4.69, 9.17) is 9.47 Å². The zero-order chi connectivity index (χ0) is 22.6. The molecule has 2 unspecified atom stereocenters. The van der Waals surface area contributed by atoms with Crippen molar-refractivity contribution in [3.63, 3.8) is 0 Å². The smallest absolute Gasteiger partial charge is 0.191 e. The Hall–Kier alpha value is -2.81. The van der Waals surface area contributed by atoms with Crippen molar-refractivity contribution >= 4 is 22.7 Å². The number of aliphatic hydroxyl groups is 1. The van der Waals surface area contributed by atoms with Crippen LogP contribution in [0.5, 0.6) is 5.75 Å². The maximum atomic E-state index is 10.5. The lowest BCUT2D eigenvalue weighted by atomic mass is 10.1. The third-order valence-corrected chi connectivity index (χ3v) is 6.91. The Morgan fingerprint density at radius 3 is 3.00 bits per heavy atom. The summed E-state index contributed by atoms with van der Waals surface area (Å²) in [6.07, 6.45) is 3.62. The predicted molar refractivity (Wildman–Crippen MR) is 130 cm³/mol. The Kier molecular flexibility index (Phi) is 6.66. The first kappa shape index (κ1) is 22.0. The maximum Gasteiger partial charge on any atom is 0.191 e. The number of nitrogens with one attached hydrogen (secondary N) is 1. The van der Waals surface area contributed by atoms with Crippen molar-refractivity contribution in [2.75, 3.05) is 19.0 Å². The summed E-state index contributed by atoms with van der Waals surface area (Å²) < 4.78 is 13.8. The summed E-state index contributed by atoms with van der Waals surface area (Å²) in [5.74, 6) is 2.04. The number of benzene rings is 2. The highest BCUT2D eigenvalue weighted by atomic mass is 32.2. The zero-order valence-electron chi connectivity index (χ0n) is 18.6. The molecule has 2 aromatic heterocycles. The van der Waals surface area contributed by atoms with Crippen LogP contribution < -0.4 is 4.74 Å². The van der Waals surface area contributed by atoms with Crippen LogP contribution in [0.3, 0.4) is 0 Å². The molecule has 2 N–H and O–H groups in total.